The molecule has 0 bridgehead atoms. The maximum Gasteiger partial charge on any atom is 0.255 e. The van der Waals surface area contributed by atoms with Crippen LogP contribution in [0, 0.1) is 3.57 Å². The van der Waals surface area contributed by atoms with Gasteiger partial charge in [0.15, 0.2) is 5.75 Å². The standard InChI is InChI=1S/C14H14Cl2IN3O4S/c1-20-12(21)6-11(24-2)13(19-25(22,23)7-15)14(20)18-10-4-3-8(17)5-9(10)16/h3-6,18-19H,7H2,1-2H3. The number of hydrogen-bond acceptors (Lipinski definition) is 5. The number of methoxy groups -OCH3 is 1. The van der Waals surface area contributed by atoms with Crippen molar-refractivity contribution in [2.24, 2.45) is 7.05 Å². The molecule has 0 atom stereocenters. The molecule has 25 heavy (non-hydrogen) atoms. The first-order chi connectivity index (χ1) is 11.7. The second-order valence-corrected chi connectivity index (χ2v) is 8.87. The first kappa shape index (κ1) is 20.1. The van der Waals surface area contributed by atoms with E-state index in [-0.39, 0.29) is 17.3 Å². The number of ether oxygens (including phenoxy) is 1. The SMILES string of the molecule is COc1cc(=O)n(C)c(Nc2ccc(I)cc2Cl)c1NS(=O)(=O)CCl. The number of nitrogens with zero attached hydrogens (tertiary/aromatic N) is 1. The summed E-state index contributed by atoms with van der Waals surface area (Å²) in [6, 6.07) is 6.43. The Morgan fingerprint density at radius 1 is 1.32 bits per heavy atom. The Labute approximate surface area is 168 Å². The van der Waals surface area contributed by atoms with Crippen molar-refractivity contribution >= 4 is 73.0 Å². The summed E-state index contributed by atoms with van der Waals surface area (Å²) in [5, 5.41) is 2.74. The van der Waals surface area contributed by atoms with Gasteiger partial charge in [-0.25, -0.2) is 8.42 Å². The highest BCUT2D eigenvalue weighted by atomic mass is 127. The van der Waals surface area contributed by atoms with E-state index in [0.717, 1.165) is 3.57 Å². The molecule has 0 aliphatic heterocycles. The first-order valence-electron chi connectivity index (χ1n) is 6.75. The summed E-state index contributed by atoms with van der Waals surface area (Å²) in [7, 11) is -1.00. The van der Waals surface area contributed by atoms with Gasteiger partial charge in [0.25, 0.3) is 5.56 Å². The van der Waals surface area contributed by atoms with Crippen molar-refractivity contribution in [2.75, 3.05) is 22.4 Å². The number of halogens is 3. The van der Waals surface area contributed by atoms with Crippen LogP contribution in [-0.2, 0) is 17.1 Å². The molecular weight excluding hydrogens is 504 g/mol. The van der Waals surface area contributed by atoms with Crippen molar-refractivity contribution in [1.82, 2.24) is 4.57 Å². The lowest BCUT2D eigenvalue weighted by atomic mass is 10.3. The molecule has 11 heteroatoms. The number of benzene rings is 1. The largest absolute Gasteiger partial charge is 0.494 e. The van der Waals surface area contributed by atoms with E-state index in [9.17, 15) is 13.2 Å². The van der Waals surface area contributed by atoms with Crippen LogP contribution in [-0.4, -0.2) is 25.3 Å². The van der Waals surface area contributed by atoms with Gasteiger partial charge in [-0.3, -0.25) is 14.1 Å². The van der Waals surface area contributed by atoms with Crippen molar-refractivity contribution in [3.63, 3.8) is 0 Å². The molecule has 0 radical (unpaired) electrons. The molecule has 0 saturated heterocycles. The van der Waals surface area contributed by atoms with Gasteiger partial charge in [-0.05, 0) is 40.8 Å². The van der Waals surface area contributed by atoms with Gasteiger partial charge in [-0.15, -0.1) is 11.6 Å². The molecule has 0 amide bonds. The van der Waals surface area contributed by atoms with Crippen LogP contribution in [0.2, 0.25) is 5.02 Å². The molecule has 0 fully saturated rings. The van der Waals surface area contributed by atoms with Crippen molar-refractivity contribution in [3.05, 3.63) is 43.2 Å². The Kier molecular flexibility index (Phi) is 6.46. The molecule has 0 aliphatic rings. The van der Waals surface area contributed by atoms with Crippen molar-refractivity contribution < 1.29 is 13.2 Å². The minimum atomic E-state index is -3.82. The maximum atomic E-state index is 12.1. The Bertz CT molecular complexity index is 963. The fraction of sp³-hybridized carbons (Fsp3) is 0.214. The average molecular weight is 518 g/mol. The number of rotatable bonds is 6. The molecule has 2 N–H and O–H groups in total. The molecule has 2 rings (SSSR count). The van der Waals surface area contributed by atoms with Crippen LogP contribution in [0.1, 0.15) is 0 Å². The van der Waals surface area contributed by atoms with Crippen LogP contribution in [0.5, 0.6) is 5.75 Å². The zero-order valence-corrected chi connectivity index (χ0v) is 17.6. The number of pyridine rings is 1. The third-order valence-corrected chi connectivity index (χ3v) is 5.86. The van der Waals surface area contributed by atoms with Gasteiger partial charge in [0, 0.05) is 16.7 Å². The summed E-state index contributed by atoms with van der Waals surface area (Å²) in [6.07, 6.45) is 0. The molecule has 0 spiro atoms. The lowest BCUT2D eigenvalue weighted by Gasteiger charge is -2.19. The number of sulfonamides is 1. The predicted molar refractivity (Wildman–Crippen MR) is 109 cm³/mol. The zero-order chi connectivity index (χ0) is 18.8. The average Bonchev–Trinajstić information content (AvgIpc) is 2.55. The van der Waals surface area contributed by atoms with E-state index in [0.29, 0.717) is 10.7 Å². The van der Waals surface area contributed by atoms with Crippen LogP contribution in [0.15, 0.2) is 29.1 Å². The third-order valence-electron chi connectivity index (χ3n) is 3.21. The highest BCUT2D eigenvalue weighted by Crippen LogP contribution is 2.35. The lowest BCUT2D eigenvalue weighted by molar-refractivity contribution is 0.415. The quantitative estimate of drug-likeness (QED) is 0.453. The Morgan fingerprint density at radius 3 is 2.56 bits per heavy atom. The minimum Gasteiger partial charge on any atom is -0.494 e. The Balaban J connectivity index is 2.65. The maximum absolute atomic E-state index is 12.1. The fourth-order valence-electron chi connectivity index (χ4n) is 1.98. The van der Waals surface area contributed by atoms with Crippen molar-refractivity contribution in [1.29, 1.82) is 0 Å². The number of anilines is 3. The first-order valence-corrected chi connectivity index (χ1v) is 10.4. The molecule has 0 unspecified atom stereocenters. The molecule has 1 aromatic heterocycles. The van der Waals surface area contributed by atoms with E-state index >= 15 is 0 Å². The molecular formula is C14H14Cl2IN3O4S. The predicted octanol–water partition coefficient (Wildman–Crippen LogP) is 3.33. The summed E-state index contributed by atoms with van der Waals surface area (Å²) < 4.78 is 33.4. The molecule has 2 aromatic rings. The topological polar surface area (TPSA) is 89.4 Å². The summed E-state index contributed by atoms with van der Waals surface area (Å²) in [5.74, 6) is 0.224. The normalized spacial score (nSPS) is 11.2. The van der Waals surface area contributed by atoms with Crippen LogP contribution in [0.4, 0.5) is 17.2 Å². The Morgan fingerprint density at radius 2 is 2.00 bits per heavy atom. The van der Waals surface area contributed by atoms with Crippen LogP contribution in [0.25, 0.3) is 0 Å². The lowest BCUT2D eigenvalue weighted by Crippen LogP contribution is -2.23. The summed E-state index contributed by atoms with van der Waals surface area (Å²) in [4.78, 5) is 12.1. The molecule has 1 aromatic carbocycles. The van der Waals surface area contributed by atoms with Gasteiger partial charge in [0.2, 0.25) is 10.0 Å². The van der Waals surface area contributed by atoms with E-state index in [4.69, 9.17) is 27.9 Å². The molecule has 136 valence electrons. The van der Waals surface area contributed by atoms with Gasteiger partial charge >= 0.3 is 0 Å². The third kappa shape index (κ3) is 4.72. The highest BCUT2D eigenvalue weighted by molar-refractivity contribution is 14.1. The fourth-order valence-corrected chi connectivity index (χ4v) is 3.61. The molecule has 7 nitrogen and oxygen atoms in total. The van der Waals surface area contributed by atoms with E-state index in [1.165, 1.54) is 24.8 Å². The van der Waals surface area contributed by atoms with E-state index in [1.807, 2.05) is 6.07 Å². The summed E-state index contributed by atoms with van der Waals surface area (Å²) >= 11 is 13.8. The molecule has 0 saturated carbocycles. The molecule has 0 aliphatic carbocycles. The summed E-state index contributed by atoms with van der Waals surface area (Å²) in [6.45, 7) is 0. The van der Waals surface area contributed by atoms with Crippen LogP contribution < -0.4 is 20.3 Å². The zero-order valence-electron chi connectivity index (χ0n) is 13.1. The van der Waals surface area contributed by atoms with E-state index in [2.05, 4.69) is 32.6 Å². The second-order valence-electron chi connectivity index (χ2n) is 4.91. The monoisotopic (exact) mass is 517 g/mol. The van der Waals surface area contributed by atoms with E-state index in [1.54, 1.807) is 12.1 Å². The Hall–Kier alpha value is -1.17. The van der Waals surface area contributed by atoms with Gasteiger partial charge in [-0.1, -0.05) is 11.6 Å². The van der Waals surface area contributed by atoms with Crippen molar-refractivity contribution in [2.45, 2.75) is 0 Å². The van der Waals surface area contributed by atoms with Crippen molar-refractivity contribution in [3.8, 4) is 5.75 Å². The van der Waals surface area contributed by atoms with Crippen LogP contribution in [0.3, 0.4) is 0 Å². The minimum absolute atomic E-state index is 0.0554. The van der Waals surface area contributed by atoms with Gasteiger partial charge in [-0.2, -0.15) is 0 Å². The van der Waals surface area contributed by atoms with Gasteiger partial charge in [0.1, 0.15) is 16.7 Å². The molecule has 1 heterocycles. The second kappa shape index (κ2) is 8.02. The van der Waals surface area contributed by atoms with Gasteiger partial charge in [0.05, 0.1) is 17.8 Å². The van der Waals surface area contributed by atoms with Gasteiger partial charge < -0.3 is 10.1 Å². The number of alkyl halides is 1. The number of nitrogens with one attached hydrogen (secondary N) is 2. The highest BCUT2D eigenvalue weighted by Gasteiger charge is 2.20. The van der Waals surface area contributed by atoms with E-state index < -0.39 is 20.8 Å². The summed E-state index contributed by atoms with van der Waals surface area (Å²) in [5.41, 5.74) is 0.159. The number of aromatic nitrogens is 1. The number of hydrogen-bond donors (Lipinski definition) is 2. The van der Waals surface area contributed by atoms with Crippen LogP contribution >= 0.6 is 45.8 Å². The smallest absolute Gasteiger partial charge is 0.255 e.